The molecule has 0 aliphatic heterocycles. The zero-order valence-corrected chi connectivity index (χ0v) is 33.5. The summed E-state index contributed by atoms with van der Waals surface area (Å²) in [5.74, 6) is 2.21. The molecule has 0 bridgehead atoms. The van der Waals surface area contributed by atoms with Gasteiger partial charge in [-0.1, -0.05) is 24.3 Å². The van der Waals surface area contributed by atoms with Gasteiger partial charge in [0.2, 0.25) is 0 Å². The van der Waals surface area contributed by atoms with Crippen LogP contribution in [0.25, 0.3) is 0 Å². The first-order valence-electron chi connectivity index (χ1n) is 14.6. The van der Waals surface area contributed by atoms with Gasteiger partial charge in [0.1, 0.15) is 23.0 Å². The van der Waals surface area contributed by atoms with E-state index in [-0.39, 0.29) is 10.8 Å². The van der Waals surface area contributed by atoms with Crippen molar-refractivity contribution in [2.24, 2.45) is 11.8 Å². The van der Waals surface area contributed by atoms with Crippen molar-refractivity contribution in [3.63, 3.8) is 0 Å². The number of aromatic hydroxyl groups is 4. The Labute approximate surface area is 313 Å². The fourth-order valence-corrected chi connectivity index (χ4v) is 11.1. The third-order valence-corrected chi connectivity index (χ3v) is 13.6. The lowest BCUT2D eigenvalue weighted by Gasteiger charge is -2.37. The number of aryl methyl sites for hydroxylation is 4. The van der Waals surface area contributed by atoms with E-state index in [4.69, 9.17) is 0 Å². The molecule has 2 aliphatic carbocycles. The van der Waals surface area contributed by atoms with Crippen molar-refractivity contribution in [1.29, 1.82) is 0 Å². The maximum Gasteiger partial charge on any atom is 0.131 e. The van der Waals surface area contributed by atoms with E-state index < -0.39 is 0 Å². The maximum absolute atomic E-state index is 10.7. The highest BCUT2D eigenvalue weighted by Crippen LogP contribution is 2.64. The third-order valence-electron chi connectivity index (χ3n) is 10.3. The van der Waals surface area contributed by atoms with Crippen LogP contribution in [0.4, 0.5) is 0 Å². The zero-order valence-electron chi connectivity index (χ0n) is 24.9. The fourth-order valence-electron chi connectivity index (χ4n) is 8.10. The second-order valence-corrected chi connectivity index (χ2v) is 17.6. The number of halogens is 4. The van der Waals surface area contributed by atoms with Crippen molar-refractivity contribution in [2.45, 2.75) is 64.2 Å². The first kappa shape index (κ1) is 32.9. The lowest BCUT2D eigenvalue weighted by atomic mass is 9.66. The standard InChI is InChI=1S/C36H34I4O4/c1-17-5-23(9-27(37)31(17)41)35(24-6-18(2)32(42)28(38)10-24)13-21-15-36(16-22(21)14-35,25-7-19(3)33(43)29(39)11-25)26-8-20(4)34(44)30(40)12-26/h5-12,21-22,41-44H,13-16H2,1-4H3. The first-order chi connectivity index (χ1) is 20.7. The SMILES string of the molecule is Cc1cc(C2(c3cc(C)c(O)c(I)c3)CC3CC(c4cc(C)c(O)c(I)c4)(c4cc(C)c(O)c(I)c4)CC3C2)cc(I)c1O. The highest BCUT2D eigenvalue weighted by Gasteiger charge is 2.57. The van der Waals surface area contributed by atoms with Crippen molar-refractivity contribution in [1.82, 2.24) is 0 Å². The Balaban J connectivity index is 1.52. The van der Waals surface area contributed by atoms with E-state index in [1.165, 1.54) is 22.3 Å². The Morgan fingerprint density at radius 1 is 0.432 bits per heavy atom. The van der Waals surface area contributed by atoms with Gasteiger partial charge < -0.3 is 20.4 Å². The van der Waals surface area contributed by atoms with Gasteiger partial charge in [0.05, 0.1) is 14.3 Å². The molecule has 0 saturated heterocycles. The monoisotopic (exact) mass is 1040 g/mol. The van der Waals surface area contributed by atoms with Crippen LogP contribution < -0.4 is 0 Å². The van der Waals surface area contributed by atoms with E-state index in [1.807, 2.05) is 27.7 Å². The highest BCUT2D eigenvalue weighted by molar-refractivity contribution is 14.1. The number of rotatable bonds is 4. The van der Waals surface area contributed by atoms with Gasteiger partial charge in [0.25, 0.3) is 0 Å². The predicted molar refractivity (Wildman–Crippen MR) is 209 cm³/mol. The second kappa shape index (κ2) is 11.9. The lowest BCUT2D eigenvalue weighted by molar-refractivity contribution is 0.406. The fraction of sp³-hybridized carbons (Fsp3) is 0.333. The smallest absolute Gasteiger partial charge is 0.131 e. The molecule has 2 saturated carbocycles. The van der Waals surface area contributed by atoms with Crippen molar-refractivity contribution in [3.05, 3.63) is 107 Å². The molecule has 4 N–H and O–H groups in total. The number of hydrogen-bond acceptors (Lipinski definition) is 4. The summed E-state index contributed by atoms with van der Waals surface area (Å²) in [6, 6.07) is 17.3. The van der Waals surface area contributed by atoms with Crippen molar-refractivity contribution in [2.75, 3.05) is 0 Å². The Hall–Kier alpha value is -1.00. The molecule has 0 heterocycles. The van der Waals surface area contributed by atoms with Gasteiger partial charge in [-0.3, -0.25) is 0 Å². The molecule has 0 atom stereocenters. The minimum absolute atomic E-state index is 0.253. The summed E-state index contributed by atoms with van der Waals surface area (Å²) in [7, 11) is 0. The summed E-state index contributed by atoms with van der Waals surface area (Å²) in [4.78, 5) is 0. The molecule has 4 nitrogen and oxygen atoms in total. The average molecular weight is 1040 g/mol. The molecule has 6 rings (SSSR count). The van der Waals surface area contributed by atoms with Gasteiger partial charge in [-0.25, -0.2) is 0 Å². The number of hydrogen-bond donors (Lipinski definition) is 4. The van der Waals surface area contributed by atoms with Crippen LogP contribution in [0.5, 0.6) is 23.0 Å². The second-order valence-electron chi connectivity index (χ2n) is 13.0. The molecule has 8 heteroatoms. The summed E-state index contributed by atoms with van der Waals surface area (Å²) in [6.45, 7) is 7.91. The summed E-state index contributed by atoms with van der Waals surface area (Å²) in [5.41, 5.74) is 7.92. The molecule has 0 amide bonds. The van der Waals surface area contributed by atoms with Gasteiger partial charge in [-0.2, -0.15) is 0 Å². The average Bonchev–Trinajstić information content (AvgIpc) is 3.50. The minimum Gasteiger partial charge on any atom is -0.507 e. The molecule has 2 fully saturated rings. The van der Waals surface area contributed by atoms with Crippen LogP contribution in [-0.4, -0.2) is 20.4 Å². The lowest BCUT2D eigenvalue weighted by Crippen LogP contribution is -2.30. The quantitative estimate of drug-likeness (QED) is 0.154. The predicted octanol–water partition coefficient (Wildman–Crippen LogP) is 10.3. The van der Waals surface area contributed by atoms with E-state index in [0.29, 0.717) is 34.8 Å². The molecule has 44 heavy (non-hydrogen) atoms. The Morgan fingerprint density at radius 3 is 0.818 bits per heavy atom. The topological polar surface area (TPSA) is 80.9 Å². The molecule has 0 spiro atoms. The Kier molecular flexibility index (Phi) is 8.91. The minimum atomic E-state index is -0.253. The summed E-state index contributed by atoms with van der Waals surface area (Å²) >= 11 is 8.98. The number of phenolic OH excluding ortho intramolecular Hbond substituents is 4. The molecule has 0 unspecified atom stereocenters. The molecule has 4 aromatic rings. The van der Waals surface area contributed by atoms with Gasteiger partial charge >= 0.3 is 0 Å². The van der Waals surface area contributed by atoms with Gasteiger partial charge in [-0.15, -0.1) is 0 Å². The largest absolute Gasteiger partial charge is 0.507 e. The van der Waals surface area contributed by atoms with Crippen LogP contribution in [0.2, 0.25) is 0 Å². The number of benzene rings is 4. The molecule has 0 aromatic heterocycles. The summed E-state index contributed by atoms with van der Waals surface area (Å²) in [6.07, 6.45) is 3.84. The van der Waals surface area contributed by atoms with Gasteiger partial charge in [0, 0.05) is 10.8 Å². The van der Waals surface area contributed by atoms with Crippen LogP contribution >= 0.6 is 90.4 Å². The van der Waals surface area contributed by atoms with E-state index in [9.17, 15) is 20.4 Å². The van der Waals surface area contributed by atoms with Crippen LogP contribution in [0, 0.1) is 53.8 Å². The molecular weight excluding hydrogens is 1000 g/mol. The van der Waals surface area contributed by atoms with E-state index in [1.54, 1.807) is 0 Å². The number of fused-ring (bicyclic) bond motifs is 1. The zero-order chi connectivity index (χ0) is 31.9. The normalized spacial score (nSPS) is 20.2. The maximum atomic E-state index is 10.7. The van der Waals surface area contributed by atoms with Crippen LogP contribution in [0.1, 0.15) is 70.2 Å². The van der Waals surface area contributed by atoms with E-state index in [0.717, 1.165) is 62.2 Å². The molecular formula is C36H34I4O4. The van der Waals surface area contributed by atoms with Crippen LogP contribution in [-0.2, 0) is 10.8 Å². The molecule has 230 valence electrons. The van der Waals surface area contributed by atoms with Gasteiger partial charge in [0.15, 0.2) is 0 Å². The Morgan fingerprint density at radius 2 is 0.636 bits per heavy atom. The first-order valence-corrected chi connectivity index (χ1v) is 19.0. The summed E-state index contributed by atoms with van der Waals surface area (Å²) < 4.78 is 3.43. The van der Waals surface area contributed by atoms with Crippen LogP contribution in [0.15, 0.2) is 48.5 Å². The Bertz CT molecular complexity index is 1480. The van der Waals surface area contributed by atoms with Crippen LogP contribution in [0.3, 0.4) is 0 Å². The molecule has 0 radical (unpaired) electrons. The molecule has 2 aliphatic rings. The van der Waals surface area contributed by atoms with Gasteiger partial charge in [-0.05, 0) is 224 Å². The highest BCUT2D eigenvalue weighted by atomic mass is 127. The van der Waals surface area contributed by atoms with E-state index in [2.05, 4.69) is 139 Å². The van der Waals surface area contributed by atoms with Crippen molar-refractivity contribution in [3.8, 4) is 23.0 Å². The number of phenols is 4. The van der Waals surface area contributed by atoms with Crippen molar-refractivity contribution < 1.29 is 20.4 Å². The van der Waals surface area contributed by atoms with E-state index >= 15 is 0 Å². The third kappa shape index (κ3) is 5.32. The summed E-state index contributed by atoms with van der Waals surface area (Å²) in [5, 5.41) is 42.7. The molecule has 4 aromatic carbocycles. The van der Waals surface area contributed by atoms with Crippen molar-refractivity contribution >= 4 is 90.4 Å².